The second-order valence-corrected chi connectivity index (χ2v) is 6.80. The number of ether oxygens (including phenoxy) is 2. The van der Waals surface area contributed by atoms with Crippen LogP contribution in [0.1, 0.15) is 31.7 Å². The summed E-state index contributed by atoms with van der Waals surface area (Å²) in [6.07, 6.45) is 4.59. The lowest BCUT2D eigenvalue weighted by Gasteiger charge is -2.39. The van der Waals surface area contributed by atoms with Gasteiger partial charge < -0.3 is 20.1 Å². The number of rotatable bonds is 4. The summed E-state index contributed by atoms with van der Waals surface area (Å²) >= 11 is 0. The molecule has 2 heterocycles. The van der Waals surface area contributed by atoms with Gasteiger partial charge >= 0.3 is 0 Å². The number of nitrogens with two attached hydrogens (primary N) is 1. The number of aryl methyl sites for hydroxylation is 1. The van der Waals surface area contributed by atoms with Crippen LogP contribution in [0, 0.1) is 0 Å². The van der Waals surface area contributed by atoms with E-state index < -0.39 is 0 Å². The smallest absolute Gasteiger partial charge is 0.143 e. The van der Waals surface area contributed by atoms with E-state index >= 15 is 0 Å². The van der Waals surface area contributed by atoms with Gasteiger partial charge in [0.2, 0.25) is 0 Å². The maximum absolute atomic E-state index is 6.08. The molecule has 3 rings (SSSR count). The first-order valence-corrected chi connectivity index (χ1v) is 9.26. The SMILES string of the molecule is CCc1cc(N)c(OC)cc1N1CCC(N2CCCOCC2)CC1. The van der Waals surface area contributed by atoms with Crippen LogP contribution < -0.4 is 15.4 Å². The second kappa shape index (κ2) is 8.08. The van der Waals surface area contributed by atoms with Crippen LogP contribution in [0.3, 0.4) is 0 Å². The lowest BCUT2D eigenvalue weighted by Crippen LogP contribution is -2.46. The van der Waals surface area contributed by atoms with Crippen LogP contribution in [0.2, 0.25) is 0 Å². The Bertz CT molecular complexity index is 534. The fraction of sp³-hybridized carbons (Fsp3) is 0.684. The molecule has 0 amide bonds. The van der Waals surface area contributed by atoms with Gasteiger partial charge in [-0.05, 0) is 37.3 Å². The van der Waals surface area contributed by atoms with Crippen molar-refractivity contribution < 1.29 is 9.47 Å². The minimum absolute atomic E-state index is 0.698. The molecule has 1 aromatic rings. The van der Waals surface area contributed by atoms with Crippen molar-refractivity contribution in [1.82, 2.24) is 4.90 Å². The largest absolute Gasteiger partial charge is 0.495 e. The molecule has 0 spiro atoms. The molecule has 0 aromatic heterocycles. The lowest BCUT2D eigenvalue weighted by molar-refractivity contribution is 0.125. The monoisotopic (exact) mass is 333 g/mol. The average Bonchev–Trinajstić information content (AvgIpc) is 2.91. The average molecular weight is 333 g/mol. The van der Waals surface area contributed by atoms with Gasteiger partial charge in [0, 0.05) is 50.6 Å². The van der Waals surface area contributed by atoms with Crippen LogP contribution in [-0.4, -0.2) is 57.4 Å². The molecule has 5 heteroatoms. The minimum atomic E-state index is 0.698. The van der Waals surface area contributed by atoms with E-state index in [0.29, 0.717) is 6.04 Å². The summed E-state index contributed by atoms with van der Waals surface area (Å²) in [7, 11) is 1.69. The zero-order chi connectivity index (χ0) is 16.9. The van der Waals surface area contributed by atoms with Crippen LogP contribution in [-0.2, 0) is 11.2 Å². The number of piperidine rings is 1. The Morgan fingerprint density at radius 1 is 1.17 bits per heavy atom. The number of nitrogens with zero attached hydrogens (tertiary/aromatic N) is 2. The van der Waals surface area contributed by atoms with E-state index in [9.17, 15) is 0 Å². The van der Waals surface area contributed by atoms with Crippen molar-refractivity contribution in [1.29, 1.82) is 0 Å². The third kappa shape index (κ3) is 3.78. The van der Waals surface area contributed by atoms with E-state index in [2.05, 4.69) is 28.9 Å². The predicted octanol–water partition coefficient (Wildman–Crippen LogP) is 2.53. The molecule has 0 radical (unpaired) electrons. The molecule has 134 valence electrons. The Morgan fingerprint density at radius 3 is 2.67 bits per heavy atom. The summed E-state index contributed by atoms with van der Waals surface area (Å²) in [5.41, 5.74) is 9.42. The quantitative estimate of drug-likeness (QED) is 0.858. The van der Waals surface area contributed by atoms with Crippen LogP contribution >= 0.6 is 0 Å². The van der Waals surface area contributed by atoms with Gasteiger partial charge in [0.15, 0.2) is 0 Å². The summed E-state index contributed by atoms with van der Waals surface area (Å²) in [6.45, 7) is 8.45. The zero-order valence-corrected chi connectivity index (χ0v) is 15.1. The van der Waals surface area contributed by atoms with E-state index in [4.69, 9.17) is 15.2 Å². The molecular weight excluding hydrogens is 302 g/mol. The molecule has 0 unspecified atom stereocenters. The Balaban J connectivity index is 1.67. The van der Waals surface area contributed by atoms with Gasteiger partial charge in [-0.3, -0.25) is 4.90 Å². The number of methoxy groups -OCH3 is 1. The highest BCUT2D eigenvalue weighted by Gasteiger charge is 2.26. The summed E-state index contributed by atoms with van der Waals surface area (Å²) < 4.78 is 11.0. The topological polar surface area (TPSA) is 51.0 Å². The van der Waals surface area contributed by atoms with Gasteiger partial charge in [-0.25, -0.2) is 0 Å². The lowest BCUT2D eigenvalue weighted by atomic mass is 10.00. The van der Waals surface area contributed by atoms with Gasteiger partial charge in [0.25, 0.3) is 0 Å². The zero-order valence-electron chi connectivity index (χ0n) is 15.1. The number of anilines is 2. The van der Waals surface area contributed by atoms with E-state index in [0.717, 1.165) is 57.1 Å². The highest BCUT2D eigenvalue weighted by molar-refractivity contribution is 5.67. The first kappa shape index (κ1) is 17.4. The van der Waals surface area contributed by atoms with E-state index in [1.807, 2.05) is 0 Å². The summed E-state index contributed by atoms with van der Waals surface area (Å²) in [4.78, 5) is 5.14. The van der Waals surface area contributed by atoms with Crippen molar-refractivity contribution in [2.24, 2.45) is 0 Å². The van der Waals surface area contributed by atoms with Crippen LogP contribution in [0.4, 0.5) is 11.4 Å². The molecule has 1 aromatic carbocycles. The molecule has 2 aliphatic heterocycles. The minimum Gasteiger partial charge on any atom is -0.495 e. The van der Waals surface area contributed by atoms with Crippen molar-refractivity contribution in [3.05, 3.63) is 17.7 Å². The molecular formula is C19H31N3O2. The Hall–Kier alpha value is -1.46. The van der Waals surface area contributed by atoms with E-state index in [1.165, 1.54) is 30.6 Å². The molecule has 24 heavy (non-hydrogen) atoms. The number of nitrogen functional groups attached to an aromatic ring is 1. The maximum Gasteiger partial charge on any atom is 0.143 e. The summed E-state index contributed by atoms with van der Waals surface area (Å²) in [5.74, 6) is 0.786. The third-order valence-electron chi connectivity index (χ3n) is 5.39. The van der Waals surface area contributed by atoms with Gasteiger partial charge in [0.05, 0.1) is 19.4 Å². The molecule has 2 saturated heterocycles. The highest BCUT2D eigenvalue weighted by Crippen LogP contribution is 2.34. The first-order chi connectivity index (χ1) is 11.7. The fourth-order valence-electron chi connectivity index (χ4n) is 3.99. The van der Waals surface area contributed by atoms with Crippen molar-refractivity contribution in [2.45, 2.75) is 38.6 Å². The Kier molecular flexibility index (Phi) is 5.85. The first-order valence-electron chi connectivity index (χ1n) is 9.26. The van der Waals surface area contributed by atoms with E-state index in [-0.39, 0.29) is 0 Å². The second-order valence-electron chi connectivity index (χ2n) is 6.80. The maximum atomic E-state index is 6.08. The van der Waals surface area contributed by atoms with Crippen molar-refractivity contribution in [3.8, 4) is 5.75 Å². The molecule has 2 N–H and O–H groups in total. The van der Waals surface area contributed by atoms with Crippen LogP contribution in [0.5, 0.6) is 5.75 Å². The molecule has 0 aliphatic carbocycles. The summed E-state index contributed by atoms with van der Waals surface area (Å²) in [6, 6.07) is 4.89. The molecule has 0 atom stereocenters. The number of hydrogen-bond donors (Lipinski definition) is 1. The van der Waals surface area contributed by atoms with E-state index in [1.54, 1.807) is 7.11 Å². The van der Waals surface area contributed by atoms with Crippen LogP contribution in [0.15, 0.2) is 12.1 Å². The molecule has 5 nitrogen and oxygen atoms in total. The fourth-order valence-corrected chi connectivity index (χ4v) is 3.99. The molecule has 0 bridgehead atoms. The van der Waals surface area contributed by atoms with Gasteiger partial charge in [-0.2, -0.15) is 0 Å². The normalized spacial score (nSPS) is 20.8. The molecule has 2 aliphatic rings. The van der Waals surface area contributed by atoms with Crippen molar-refractivity contribution in [3.63, 3.8) is 0 Å². The Labute approximate surface area is 145 Å². The molecule has 2 fully saturated rings. The summed E-state index contributed by atoms with van der Waals surface area (Å²) in [5, 5.41) is 0. The number of hydrogen-bond acceptors (Lipinski definition) is 5. The standard InChI is InChI=1S/C19H31N3O2/c1-3-15-13-17(20)19(23-2)14-18(15)22-8-5-16(6-9-22)21-7-4-11-24-12-10-21/h13-14,16H,3-12,20H2,1-2H3. The third-order valence-corrected chi connectivity index (χ3v) is 5.39. The van der Waals surface area contributed by atoms with Gasteiger partial charge in [-0.15, -0.1) is 0 Å². The highest BCUT2D eigenvalue weighted by atomic mass is 16.5. The van der Waals surface area contributed by atoms with Crippen molar-refractivity contribution in [2.75, 3.05) is 57.1 Å². The van der Waals surface area contributed by atoms with Gasteiger partial charge in [0.1, 0.15) is 5.75 Å². The van der Waals surface area contributed by atoms with Crippen molar-refractivity contribution >= 4 is 11.4 Å². The number of benzene rings is 1. The van der Waals surface area contributed by atoms with Gasteiger partial charge in [-0.1, -0.05) is 6.92 Å². The molecule has 0 saturated carbocycles. The van der Waals surface area contributed by atoms with Crippen LogP contribution in [0.25, 0.3) is 0 Å². The predicted molar refractivity (Wildman–Crippen MR) is 99.0 cm³/mol. The Morgan fingerprint density at radius 2 is 1.96 bits per heavy atom.